The largest absolute Gasteiger partial charge is 0.393 e. The zero-order chi connectivity index (χ0) is 28.1. The number of anilines is 1. The minimum absolute atomic E-state index is 0.0240. The molecule has 2 N–H and O–H groups in total. The molecule has 0 bridgehead atoms. The summed E-state index contributed by atoms with van der Waals surface area (Å²) < 4.78 is 15.7. The maximum absolute atomic E-state index is 15.7. The summed E-state index contributed by atoms with van der Waals surface area (Å²) in [6, 6.07) is 8.87. The van der Waals surface area contributed by atoms with Crippen LogP contribution in [-0.2, 0) is 9.59 Å². The quantitative estimate of drug-likeness (QED) is 0.417. The van der Waals surface area contributed by atoms with Crippen molar-refractivity contribution in [2.75, 3.05) is 17.4 Å². The lowest BCUT2D eigenvalue weighted by molar-refractivity contribution is -0.130. The van der Waals surface area contributed by atoms with Crippen molar-refractivity contribution in [3.8, 4) is 6.07 Å². The molecule has 0 saturated heterocycles. The van der Waals surface area contributed by atoms with E-state index in [-0.39, 0.29) is 65.6 Å². The van der Waals surface area contributed by atoms with Crippen LogP contribution in [0.1, 0.15) is 39.5 Å². The average Bonchev–Trinajstić information content (AvgIpc) is 3.14. The molecule has 0 amide bonds. The fraction of sp³-hybridized carbons (Fsp3) is 0.567. The second-order valence-electron chi connectivity index (χ2n) is 12.1. The Hall–Kier alpha value is -2.18. The zero-order valence-corrected chi connectivity index (χ0v) is 23.7. The molecule has 0 aromatic heterocycles. The lowest BCUT2D eigenvalue weighted by Crippen LogP contribution is -2.58. The van der Waals surface area contributed by atoms with E-state index in [0.29, 0.717) is 29.1 Å². The number of carbonyl (C=O) groups is 2. The lowest BCUT2D eigenvalue weighted by Gasteiger charge is -2.59. The number of rotatable bonds is 6. The molecule has 9 atom stereocenters. The van der Waals surface area contributed by atoms with Gasteiger partial charge >= 0.3 is 0 Å². The Morgan fingerprint density at radius 1 is 1.28 bits per heavy atom. The Kier molecular flexibility index (Phi) is 7.75. The van der Waals surface area contributed by atoms with Crippen LogP contribution in [0.25, 0.3) is 0 Å². The second kappa shape index (κ2) is 10.7. The molecule has 1 aromatic carbocycles. The Labute approximate surface area is 237 Å². The van der Waals surface area contributed by atoms with Crippen LogP contribution >= 0.6 is 23.4 Å². The molecule has 9 unspecified atom stereocenters. The van der Waals surface area contributed by atoms with Gasteiger partial charge < -0.3 is 5.11 Å². The number of hydrogen-bond acceptors (Lipinski definition) is 7. The van der Waals surface area contributed by atoms with E-state index in [0.717, 1.165) is 11.8 Å². The number of nitriles is 1. The van der Waals surface area contributed by atoms with Gasteiger partial charge in [0.05, 0.1) is 23.6 Å². The van der Waals surface area contributed by atoms with E-state index in [2.05, 4.69) is 6.92 Å². The van der Waals surface area contributed by atoms with Crippen molar-refractivity contribution in [3.05, 3.63) is 53.1 Å². The van der Waals surface area contributed by atoms with E-state index in [1.807, 2.05) is 13.0 Å². The molecule has 0 spiro atoms. The first-order valence-electron chi connectivity index (χ1n) is 13.5. The van der Waals surface area contributed by atoms with Crippen molar-refractivity contribution < 1.29 is 24.3 Å². The highest BCUT2D eigenvalue weighted by atomic mass is 35.5. The molecule has 3 saturated carbocycles. The molecular formula is C30H34ClFN2O4S. The van der Waals surface area contributed by atoms with Crippen LogP contribution in [0.4, 0.5) is 10.1 Å². The SMILES string of the molecule is CC12C=CC(=O)C=C1C(F)CC1C2C(O)CC2(C)C(CC(=O)SCC#N)C(CN(O)c3ccc(Cl)cc3)CC12. The number of ketones is 1. The fourth-order valence-corrected chi connectivity index (χ4v) is 9.16. The number of aliphatic hydroxyl groups excluding tert-OH is 1. The predicted octanol–water partition coefficient (Wildman–Crippen LogP) is 5.78. The summed E-state index contributed by atoms with van der Waals surface area (Å²) in [6.45, 7) is 4.31. The van der Waals surface area contributed by atoms with E-state index < -0.39 is 23.1 Å². The monoisotopic (exact) mass is 572 g/mol. The number of carbonyl (C=O) groups excluding carboxylic acids is 2. The Morgan fingerprint density at radius 3 is 2.69 bits per heavy atom. The Balaban J connectivity index is 1.48. The Bertz CT molecular complexity index is 1250. The number of nitrogens with zero attached hydrogens (tertiary/aromatic N) is 2. The molecule has 1 aromatic rings. The molecule has 39 heavy (non-hydrogen) atoms. The molecule has 0 radical (unpaired) electrons. The summed E-state index contributed by atoms with van der Waals surface area (Å²) in [5, 5.41) is 33.3. The van der Waals surface area contributed by atoms with E-state index >= 15 is 4.39 Å². The van der Waals surface area contributed by atoms with Crippen LogP contribution in [0.3, 0.4) is 0 Å². The molecule has 0 heterocycles. The van der Waals surface area contributed by atoms with Gasteiger partial charge in [0.15, 0.2) is 10.9 Å². The average molecular weight is 573 g/mol. The number of hydrogen-bond donors (Lipinski definition) is 2. The van der Waals surface area contributed by atoms with Crippen LogP contribution in [0, 0.1) is 51.8 Å². The first-order valence-corrected chi connectivity index (χ1v) is 14.9. The predicted molar refractivity (Wildman–Crippen MR) is 149 cm³/mol. The van der Waals surface area contributed by atoms with Gasteiger partial charge in [0.2, 0.25) is 0 Å². The van der Waals surface area contributed by atoms with Gasteiger partial charge in [0, 0.05) is 29.3 Å². The van der Waals surface area contributed by atoms with Gasteiger partial charge in [0.25, 0.3) is 0 Å². The molecule has 208 valence electrons. The van der Waals surface area contributed by atoms with Gasteiger partial charge in [-0.25, -0.2) is 4.39 Å². The van der Waals surface area contributed by atoms with Crippen molar-refractivity contribution in [3.63, 3.8) is 0 Å². The van der Waals surface area contributed by atoms with Gasteiger partial charge in [-0.1, -0.05) is 43.3 Å². The third kappa shape index (κ3) is 4.97. The highest BCUT2D eigenvalue weighted by Crippen LogP contribution is 2.68. The number of thioether (sulfide) groups is 1. The van der Waals surface area contributed by atoms with Crippen molar-refractivity contribution in [1.29, 1.82) is 5.26 Å². The minimum Gasteiger partial charge on any atom is -0.393 e. The molecule has 4 aliphatic carbocycles. The molecule has 4 aliphatic rings. The minimum atomic E-state index is -1.28. The van der Waals surface area contributed by atoms with Gasteiger partial charge in [0.1, 0.15) is 6.17 Å². The van der Waals surface area contributed by atoms with E-state index in [1.165, 1.54) is 17.2 Å². The maximum Gasteiger partial charge on any atom is 0.190 e. The van der Waals surface area contributed by atoms with E-state index in [4.69, 9.17) is 16.9 Å². The molecule has 0 aliphatic heterocycles. The normalized spacial score (nSPS) is 38.7. The molecule has 6 nitrogen and oxygen atoms in total. The van der Waals surface area contributed by atoms with Crippen LogP contribution in [-0.4, -0.2) is 45.8 Å². The summed E-state index contributed by atoms with van der Waals surface area (Å²) in [5.74, 6) is -0.778. The molecule has 3 fully saturated rings. The van der Waals surface area contributed by atoms with E-state index in [9.17, 15) is 19.9 Å². The third-order valence-corrected chi connectivity index (χ3v) is 11.1. The number of allylic oxidation sites excluding steroid dienone is 4. The van der Waals surface area contributed by atoms with Crippen molar-refractivity contribution in [2.24, 2.45) is 40.4 Å². The molecule has 5 rings (SSSR count). The summed E-state index contributed by atoms with van der Waals surface area (Å²) in [5.41, 5.74) is -0.171. The van der Waals surface area contributed by atoms with Crippen molar-refractivity contribution >= 4 is 39.9 Å². The fourth-order valence-electron chi connectivity index (χ4n) is 8.51. The lowest BCUT2D eigenvalue weighted by atomic mass is 9.46. The van der Waals surface area contributed by atoms with Crippen LogP contribution < -0.4 is 5.06 Å². The topological polar surface area (TPSA) is 102 Å². The number of halogens is 2. The van der Waals surface area contributed by atoms with Gasteiger partial charge in [-0.05, 0) is 90.3 Å². The number of fused-ring (bicyclic) bond motifs is 5. The smallest absolute Gasteiger partial charge is 0.190 e. The standard InChI is InChI=1S/C30H34ClFN2O4S/c1-29-8-7-20(35)12-24(29)25(32)13-21-23-11-17(16-34(38)19-5-3-18(31)4-6-19)22(14-27(37)39-10-9-33)30(23,2)15-26(36)28(21)29/h3-8,12,17,21-23,25-26,28,36,38H,10-11,13-16H2,1-2H3. The Morgan fingerprint density at radius 2 is 2.00 bits per heavy atom. The van der Waals surface area contributed by atoms with Crippen LogP contribution in [0.2, 0.25) is 5.02 Å². The van der Waals surface area contributed by atoms with Crippen molar-refractivity contribution in [1.82, 2.24) is 0 Å². The van der Waals surface area contributed by atoms with Crippen molar-refractivity contribution in [2.45, 2.75) is 51.8 Å². The number of benzene rings is 1. The second-order valence-corrected chi connectivity index (χ2v) is 13.5. The zero-order valence-electron chi connectivity index (χ0n) is 22.1. The van der Waals surface area contributed by atoms with Gasteiger partial charge in [-0.2, -0.15) is 5.26 Å². The first kappa shape index (κ1) is 28.4. The summed E-state index contributed by atoms with van der Waals surface area (Å²) in [6.07, 6.45) is 4.22. The van der Waals surface area contributed by atoms with Crippen LogP contribution in [0.15, 0.2) is 48.1 Å². The number of aliphatic hydroxyl groups is 1. The summed E-state index contributed by atoms with van der Waals surface area (Å²) in [4.78, 5) is 25.1. The highest BCUT2D eigenvalue weighted by molar-refractivity contribution is 8.13. The highest BCUT2D eigenvalue weighted by Gasteiger charge is 2.65. The number of hydroxylamine groups is 1. The van der Waals surface area contributed by atoms with E-state index in [1.54, 1.807) is 30.3 Å². The third-order valence-electron chi connectivity index (χ3n) is 10.1. The first-order chi connectivity index (χ1) is 18.5. The number of alkyl halides is 1. The van der Waals surface area contributed by atoms with Crippen LogP contribution in [0.5, 0.6) is 0 Å². The summed E-state index contributed by atoms with van der Waals surface area (Å²) >= 11 is 7.02. The van der Waals surface area contributed by atoms with Gasteiger partial charge in [-0.15, -0.1) is 0 Å². The summed E-state index contributed by atoms with van der Waals surface area (Å²) in [7, 11) is 0. The maximum atomic E-state index is 15.7. The molecule has 9 heteroatoms. The molecular weight excluding hydrogens is 539 g/mol. The van der Waals surface area contributed by atoms with Gasteiger partial charge in [-0.3, -0.25) is 19.9 Å².